The first-order chi connectivity index (χ1) is 9.68. The molecule has 0 radical (unpaired) electrons. The van der Waals surface area contributed by atoms with Crippen LogP contribution in [0.2, 0.25) is 0 Å². The minimum Gasteiger partial charge on any atom is -0.453 e. The summed E-state index contributed by atoms with van der Waals surface area (Å²) in [5, 5.41) is 0. The van der Waals surface area contributed by atoms with E-state index in [2.05, 4.69) is 0 Å². The number of hydrogen-bond acceptors (Lipinski definition) is 5. The van der Waals surface area contributed by atoms with Crippen LogP contribution in [-0.2, 0) is 0 Å². The Morgan fingerprint density at radius 1 is 0.950 bits per heavy atom. The molecule has 1 heterocycles. The summed E-state index contributed by atoms with van der Waals surface area (Å²) in [5.74, 6) is 0.261. The predicted molar refractivity (Wildman–Crippen MR) is 70.3 cm³/mol. The minimum absolute atomic E-state index is 0.0394. The van der Waals surface area contributed by atoms with Crippen LogP contribution < -0.4 is 15.2 Å². The Hall–Kier alpha value is -2.82. The molecule has 1 aliphatic heterocycles. The maximum atomic E-state index is 12.5. The van der Waals surface area contributed by atoms with Crippen LogP contribution in [0.1, 0.15) is 31.8 Å². The van der Waals surface area contributed by atoms with Crippen LogP contribution >= 0.6 is 0 Å². The summed E-state index contributed by atoms with van der Waals surface area (Å²) in [5.41, 5.74) is 7.40. The van der Waals surface area contributed by atoms with Crippen LogP contribution in [0.3, 0.4) is 0 Å². The molecule has 0 bridgehead atoms. The molecule has 0 spiro atoms. The smallest absolute Gasteiger partial charge is 0.231 e. The Morgan fingerprint density at radius 3 is 2.40 bits per heavy atom. The average molecular weight is 267 g/mol. The number of nitrogens with two attached hydrogens (primary N) is 1. The fourth-order valence-electron chi connectivity index (χ4n) is 2.65. The van der Waals surface area contributed by atoms with E-state index >= 15 is 0 Å². The van der Waals surface area contributed by atoms with E-state index in [1.165, 1.54) is 6.07 Å². The zero-order chi connectivity index (χ0) is 13.9. The molecule has 20 heavy (non-hydrogen) atoms. The standard InChI is InChI=1S/C15H9NO4/c16-12-11-9(5-10-15(12)20-6-19-10)13(17)7-3-1-2-4-8(7)14(11)18/h1-5H,6,16H2. The lowest BCUT2D eigenvalue weighted by molar-refractivity contribution is 0.0979. The quantitative estimate of drug-likeness (QED) is 0.628. The molecule has 2 aliphatic rings. The van der Waals surface area contributed by atoms with Crippen LogP contribution in [0.5, 0.6) is 11.5 Å². The second kappa shape index (κ2) is 3.60. The Kier molecular flexibility index (Phi) is 1.99. The molecule has 0 amide bonds. The number of ether oxygens (including phenoxy) is 2. The second-order valence-electron chi connectivity index (χ2n) is 4.65. The molecule has 2 aromatic rings. The number of rotatable bonds is 0. The predicted octanol–water partition coefficient (Wildman–Crippen LogP) is 1.77. The van der Waals surface area contributed by atoms with Gasteiger partial charge in [0, 0.05) is 16.7 Å². The maximum absolute atomic E-state index is 12.5. The third-order valence-electron chi connectivity index (χ3n) is 3.59. The summed E-state index contributed by atoms with van der Waals surface area (Å²) in [6.45, 7) is 0.0394. The van der Waals surface area contributed by atoms with Gasteiger partial charge in [0.2, 0.25) is 6.79 Å². The largest absolute Gasteiger partial charge is 0.453 e. The van der Waals surface area contributed by atoms with Gasteiger partial charge >= 0.3 is 0 Å². The number of benzene rings is 2. The van der Waals surface area contributed by atoms with Gasteiger partial charge in [0.1, 0.15) is 0 Å². The van der Waals surface area contributed by atoms with Crippen molar-refractivity contribution >= 4 is 17.3 Å². The van der Waals surface area contributed by atoms with Gasteiger partial charge in [-0.15, -0.1) is 0 Å². The molecule has 0 atom stereocenters. The zero-order valence-electron chi connectivity index (χ0n) is 10.3. The van der Waals surface area contributed by atoms with Gasteiger partial charge in [0.05, 0.1) is 11.3 Å². The summed E-state index contributed by atoms with van der Waals surface area (Å²) in [4.78, 5) is 25.0. The van der Waals surface area contributed by atoms with Crippen molar-refractivity contribution in [2.45, 2.75) is 0 Å². The Bertz CT molecular complexity index is 795. The molecule has 5 nitrogen and oxygen atoms in total. The first-order valence-corrected chi connectivity index (χ1v) is 6.09. The van der Waals surface area contributed by atoms with Gasteiger partial charge < -0.3 is 15.2 Å². The van der Waals surface area contributed by atoms with E-state index in [0.29, 0.717) is 22.6 Å². The van der Waals surface area contributed by atoms with Crippen LogP contribution in [0.4, 0.5) is 5.69 Å². The maximum Gasteiger partial charge on any atom is 0.231 e. The molecule has 0 saturated heterocycles. The fourth-order valence-corrected chi connectivity index (χ4v) is 2.65. The van der Waals surface area contributed by atoms with E-state index in [-0.39, 0.29) is 35.2 Å². The molecule has 4 rings (SSSR count). The number of fused-ring (bicyclic) bond motifs is 3. The van der Waals surface area contributed by atoms with E-state index in [1.54, 1.807) is 24.3 Å². The van der Waals surface area contributed by atoms with Crippen LogP contribution in [-0.4, -0.2) is 18.4 Å². The molecule has 0 fully saturated rings. The lowest BCUT2D eigenvalue weighted by atomic mass is 9.83. The van der Waals surface area contributed by atoms with E-state index in [9.17, 15) is 9.59 Å². The third kappa shape index (κ3) is 1.21. The summed E-state index contributed by atoms with van der Waals surface area (Å²) < 4.78 is 10.5. The zero-order valence-corrected chi connectivity index (χ0v) is 10.3. The van der Waals surface area contributed by atoms with Crippen molar-refractivity contribution in [3.63, 3.8) is 0 Å². The van der Waals surface area contributed by atoms with E-state index < -0.39 is 0 Å². The van der Waals surface area contributed by atoms with Crippen molar-refractivity contribution in [2.24, 2.45) is 0 Å². The summed E-state index contributed by atoms with van der Waals surface area (Å²) in [7, 11) is 0. The van der Waals surface area contributed by atoms with Crippen molar-refractivity contribution < 1.29 is 19.1 Å². The molecule has 98 valence electrons. The van der Waals surface area contributed by atoms with E-state index in [0.717, 1.165) is 0 Å². The highest BCUT2D eigenvalue weighted by molar-refractivity contribution is 6.30. The summed E-state index contributed by atoms with van der Waals surface area (Å²) in [6, 6.07) is 8.25. The summed E-state index contributed by atoms with van der Waals surface area (Å²) >= 11 is 0. The van der Waals surface area contributed by atoms with E-state index in [4.69, 9.17) is 15.2 Å². The average Bonchev–Trinajstić information content (AvgIpc) is 2.93. The Morgan fingerprint density at radius 2 is 1.65 bits per heavy atom. The van der Waals surface area contributed by atoms with Gasteiger partial charge in [0.15, 0.2) is 23.1 Å². The fraction of sp³-hybridized carbons (Fsp3) is 0.0667. The van der Waals surface area contributed by atoms with Crippen molar-refractivity contribution in [3.8, 4) is 11.5 Å². The van der Waals surface area contributed by atoms with Crippen LogP contribution in [0.15, 0.2) is 30.3 Å². The third-order valence-corrected chi connectivity index (χ3v) is 3.59. The van der Waals surface area contributed by atoms with Gasteiger partial charge in [-0.1, -0.05) is 24.3 Å². The number of ketones is 2. The molecule has 5 heteroatoms. The molecule has 2 aromatic carbocycles. The number of carbonyl (C=O) groups excluding carboxylic acids is 2. The van der Waals surface area contributed by atoms with Crippen molar-refractivity contribution in [1.29, 1.82) is 0 Å². The molecule has 0 aromatic heterocycles. The van der Waals surface area contributed by atoms with Gasteiger partial charge in [-0.2, -0.15) is 0 Å². The van der Waals surface area contributed by atoms with E-state index in [1.807, 2.05) is 0 Å². The number of nitrogen functional groups attached to an aromatic ring is 1. The molecule has 2 N–H and O–H groups in total. The highest BCUT2D eigenvalue weighted by Crippen LogP contribution is 2.44. The first-order valence-electron chi connectivity index (χ1n) is 6.09. The monoisotopic (exact) mass is 267 g/mol. The van der Waals surface area contributed by atoms with Crippen LogP contribution in [0, 0.1) is 0 Å². The first kappa shape index (κ1) is 11.0. The topological polar surface area (TPSA) is 78.6 Å². The normalized spacial score (nSPS) is 15.0. The second-order valence-corrected chi connectivity index (χ2v) is 4.65. The number of hydrogen-bond donors (Lipinski definition) is 1. The van der Waals surface area contributed by atoms with Gasteiger partial charge in [-0.3, -0.25) is 9.59 Å². The SMILES string of the molecule is Nc1c2c(cc3c1C(=O)c1ccccc1C3=O)OCO2. The number of anilines is 1. The van der Waals surface area contributed by atoms with Crippen LogP contribution in [0.25, 0.3) is 0 Å². The lowest BCUT2D eigenvalue weighted by Gasteiger charge is -2.19. The molecular formula is C15H9NO4. The van der Waals surface area contributed by atoms with Gasteiger partial charge in [-0.25, -0.2) is 0 Å². The van der Waals surface area contributed by atoms with Crippen molar-refractivity contribution in [3.05, 3.63) is 52.6 Å². The minimum atomic E-state index is -0.258. The summed E-state index contributed by atoms with van der Waals surface area (Å²) in [6.07, 6.45) is 0. The Labute approximate surface area is 113 Å². The van der Waals surface area contributed by atoms with Gasteiger partial charge in [-0.05, 0) is 6.07 Å². The molecular weight excluding hydrogens is 258 g/mol. The molecule has 1 aliphatic carbocycles. The van der Waals surface area contributed by atoms with Crippen molar-refractivity contribution in [2.75, 3.05) is 12.5 Å². The highest BCUT2D eigenvalue weighted by atomic mass is 16.7. The highest BCUT2D eigenvalue weighted by Gasteiger charge is 2.35. The van der Waals surface area contributed by atoms with Gasteiger partial charge in [0.25, 0.3) is 0 Å². The lowest BCUT2D eigenvalue weighted by Crippen LogP contribution is -2.22. The van der Waals surface area contributed by atoms with Crippen molar-refractivity contribution in [1.82, 2.24) is 0 Å². The molecule has 0 saturated carbocycles. The molecule has 0 unspecified atom stereocenters. The Balaban J connectivity index is 2.06. The number of carbonyl (C=O) groups is 2.